The molecule has 0 aromatic heterocycles. The van der Waals surface area contributed by atoms with Gasteiger partial charge in [-0.15, -0.1) is 0 Å². The van der Waals surface area contributed by atoms with Crippen molar-refractivity contribution in [3.8, 4) is 0 Å². The van der Waals surface area contributed by atoms with Crippen LogP contribution in [-0.2, 0) is 9.53 Å². The van der Waals surface area contributed by atoms with Crippen LogP contribution in [0.15, 0.2) is 0 Å². The van der Waals surface area contributed by atoms with Gasteiger partial charge in [-0.25, -0.2) is 0 Å². The highest BCUT2D eigenvalue weighted by Gasteiger charge is 2.32. The normalized spacial score (nSPS) is 29.7. The molecule has 1 unspecified atom stereocenters. The summed E-state index contributed by atoms with van der Waals surface area (Å²) in [7, 11) is 0. The Balaban J connectivity index is 2.58. The van der Waals surface area contributed by atoms with Gasteiger partial charge in [-0.1, -0.05) is 6.92 Å². The van der Waals surface area contributed by atoms with Gasteiger partial charge >= 0.3 is 5.97 Å². The summed E-state index contributed by atoms with van der Waals surface area (Å²) in [5, 5.41) is 3.22. The van der Waals surface area contributed by atoms with Gasteiger partial charge in [-0.3, -0.25) is 10.1 Å². The lowest BCUT2D eigenvalue weighted by Gasteiger charge is -2.35. The van der Waals surface area contributed by atoms with Crippen LogP contribution in [0, 0.1) is 0 Å². The van der Waals surface area contributed by atoms with Crippen molar-refractivity contribution < 1.29 is 9.53 Å². The molecule has 1 heterocycles. The molecule has 1 fully saturated rings. The van der Waals surface area contributed by atoms with Crippen LogP contribution in [0.4, 0.5) is 0 Å². The van der Waals surface area contributed by atoms with Gasteiger partial charge in [-0.05, 0) is 20.3 Å². The highest BCUT2D eigenvalue weighted by molar-refractivity contribution is 5.76. The molecule has 0 amide bonds. The molecule has 0 bridgehead atoms. The molecule has 0 saturated carbocycles. The lowest BCUT2D eigenvalue weighted by molar-refractivity contribution is -0.154. The van der Waals surface area contributed by atoms with Crippen molar-refractivity contribution >= 4 is 5.97 Å². The first-order valence-corrected chi connectivity index (χ1v) is 3.99. The molecule has 1 aliphatic rings. The van der Waals surface area contributed by atoms with Gasteiger partial charge in [0.2, 0.25) is 0 Å². The molecule has 3 heteroatoms. The van der Waals surface area contributed by atoms with Crippen LogP contribution in [0.5, 0.6) is 0 Å². The van der Waals surface area contributed by atoms with Crippen LogP contribution in [0.25, 0.3) is 0 Å². The molecule has 0 aromatic rings. The number of carbonyl (C=O) groups excluding carboxylic acids is 1. The Morgan fingerprint density at radius 1 is 1.73 bits per heavy atom. The Hall–Kier alpha value is -0.570. The molecule has 0 aromatic carbocycles. The van der Waals surface area contributed by atoms with Crippen LogP contribution in [0.1, 0.15) is 27.2 Å². The van der Waals surface area contributed by atoms with E-state index in [1.807, 2.05) is 20.8 Å². The van der Waals surface area contributed by atoms with E-state index in [1.54, 1.807) is 0 Å². The average Bonchev–Trinajstić information content (AvgIpc) is 1.94. The van der Waals surface area contributed by atoms with E-state index < -0.39 is 0 Å². The third-order valence-corrected chi connectivity index (χ3v) is 1.83. The summed E-state index contributed by atoms with van der Waals surface area (Å²) in [4.78, 5) is 11.0. The van der Waals surface area contributed by atoms with Crippen molar-refractivity contribution in [2.24, 2.45) is 0 Å². The first kappa shape index (κ1) is 8.53. The smallest absolute Gasteiger partial charge is 0.323 e. The second-order valence-electron chi connectivity index (χ2n) is 3.60. The van der Waals surface area contributed by atoms with E-state index in [1.165, 1.54) is 0 Å². The van der Waals surface area contributed by atoms with Gasteiger partial charge in [0.25, 0.3) is 0 Å². The molecular weight excluding hydrogens is 142 g/mol. The summed E-state index contributed by atoms with van der Waals surface area (Å²) in [6, 6.07) is -0.112. The molecule has 1 saturated heterocycles. The maximum absolute atomic E-state index is 11.0. The van der Waals surface area contributed by atoms with Crippen LogP contribution in [-0.4, -0.2) is 24.2 Å². The summed E-state index contributed by atoms with van der Waals surface area (Å²) in [5.41, 5.74) is -0.0609. The van der Waals surface area contributed by atoms with E-state index in [-0.39, 0.29) is 17.6 Å². The van der Waals surface area contributed by atoms with Crippen molar-refractivity contribution in [3.05, 3.63) is 0 Å². The molecular formula is C8H15NO2. The summed E-state index contributed by atoms with van der Waals surface area (Å²) < 4.78 is 5.00. The fraction of sp³-hybridized carbons (Fsp3) is 0.875. The van der Waals surface area contributed by atoms with Crippen molar-refractivity contribution in [2.75, 3.05) is 6.61 Å². The van der Waals surface area contributed by atoms with E-state index in [0.717, 1.165) is 6.42 Å². The van der Waals surface area contributed by atoms with Crippen LogP contribution in [0.3, 0.4) is 0 Å². The first-order chi connectivity index (χ1) is 5.05. The Bertz CT molecular complexity index is 165. The summed E-state index contributed by atoms with van der Waals surface area (Å²) >= 11 is 0. The number of hydrogen-bond donors (Lipinski definition) is 1. The first-order valence-electron chi connectivity index (χ1n) is 3.99. The predicted octanol–water partition coefficient (Wildman–Crippen LogP) is 0.690. The van der Waals surface area contributed by atoms with E-state index in [2.05, 4.69) is 5.32 Å². The highest BCUT2D eigenvalue weighted by Crippen LogP contribution is 2.13. The van der Waals surface area contributed by atoms with E-state index in [4.69, 9.17) is 4.74 Å². The molecule has 1 aliphatic heterocycles. The lowest BCUT2D eigenvalue weighted by atomic mass is 10.0. The lowest BCUT2D eigenvalue weighted by Crippen LogP contribution is -2.57. The average molecular weight is 157 g/mol. The van der Waals surface area contributed by atoms with Crippen molar-refractivity contribution in [2.45, 2.75) is 38.8 Å². The van der Waals surface area contributed by atoms with E-state index in [9.17, 15) is 4.79 Å². The fourth-order valence-corrected chi connectivity index (χ4v) is 1.19. The molecule has 3 nitrogen and oxygen atoms in total. The zero-order chi connectivity index (χ0) is 8.48. The van der Waals surface area contributed by atoms with E-state index in [0.29, 0.717) is 6.61 Å². The van der Waals surface area contributed by atoms with Crippen LogP contribution < -0.4 is 5.32 Å². The van der Waals surface area contributed by atoms with Crippen molar-refractivity contribution in [1.29, 1.82) is 0 Å². The van der Waals surface area contributed by atoms with Gasteiger partial charge in [0.1, 0.15) is 12.6 Å². The predicted molar refractivity (Wildman–Crippen MR) is 42.3 cm³/mol. The number of ether oxygens (including phenoxy) is 1. The minimum Gasteiger partial charge on any atom is -0.463 e. The van der Waals surface area contributed by atoms with Gasteiger partial charge in [0, 0.05) is 5.54 Å². The minimum atomic E-state index is -0.119. The topological polar surface area (TPSA) is 38.3 Å². The maximum atomic E-state index is 11.0. The second kappa shape index (κ2) is 2.81. The molecule has 1 N–H and O–H groups in total. The highest BCUT2D eigenvalue weighted by atomic mass is 16.5. The number of hydrogen-bond acceptors (Lipinski definition) is 3. The molecule has 0 spiro atoms. The van der Waals surface area contributed by atoms with Gasteiger partial charge in [-0.2, -0.15) is 0 Å². The zero-order valence-electron chi connectivity index (χ0n) is 7.31. The molecule has 0 radical (unpaired) electrons. The largest absolute Gasteiger partial charge is 0.463 e. The molecule has 64 valence electrons. The molecule has 1 atom stereocenters. The van der Waals surface area contributed by atoms with Gasteiger partial charge in [0.15, 0.2) is 0 Å². The molecule has 11 heavy (non-hydrogen) atoms. The van der Waals surface area contributed by atoms with Crippen molar-refractivity contribution in [3.63, 3.8) is 0 Å². The van der Waals surface area contributed by atoms with Crippen LogP contribution >= 0.6 is 0 Å². The number of carbonyl (C=O) groups is 1. The zero-order valence-corrected chi connectivity index (χ0v) is 7.31. The van der Waals surface area contributed by atoms with Crippen molar-refractivity contribution in [1.82, 2.24) is 5.32 Å². The number of nitrogens with one attached hydrogen (secondary N) is 1. The third-order valence-electron chi connectivity index (χ3n) is 1.83. The Kier molecular flexibility index (Phi) is 2.18. The maximum Gasteiger partial charge on any atom is 0.323 e. The number of rotatable bonds is 1. The Morgan fingerprint density at radius 3 is 2.82 bits per heavy atom. The summed E-state index contributed by atoms with van der Waals surface area (Å²) in [6.45, 7) is 6.51. The molecule has 0 aliphatic carbocycles. The molecule has 1 rings (SSSR count). The standard InChI is InChI=1S/C8H15NO2/c1-4-6-7(10)11-5-8(2,3)9-6/h6,9H,4-5H2,1-3H3. The number of morpholine rings is 1. The minimum absolute atomic E-state index is 0.0609. The monoisotopic (exact) mass is 157 g/mol. The number of cyclic esters (lactones) is 1. The summed E-state index contributed by atoms with van der Waals surface area (Å²) in [6.07, 6.45) is 0.794. The summed E-state index contributed by atoms with van der Waals surface area (Å²) in [5.74, 6) is -0.119. The van der Waals surface area contributed by atoms with Gasteiger partial charge < -0.3 is 4.74 Å². The Morgan fingerprint density at radius 2 is 2.36 bits per heavy atom. The SMILES string of the molecule is CCC1NC(C)(C)COC1=O. The van der Waals surface area contributed by atoms with Gasteiger partial charge in [0.05, 0.1) is 0 Å². The quantitative estimate of drug-likeness (QED) is 0.569. The van der Waals surface area contributed by atoms with E-state index >= 15 is 0 Å². The fourth-order valence-electron chi connectivity index (χ4n) is 1.19. The van der Waals surface area contributed by atoms with Crippen LogP contribution in [0.2, 0.25) is 0 Å². The number of esters is 1. The Labute approximate surface area is 67.1 Å². The second-order valence-corrected chi connectivity index (χ2v) is 3.60. The third kappa shape index (κ3) is 1.93.